The Bertz CT molecular complexity index is 957. The standard InChI is InChI=1S/C19H22N6O2/c1-12-17(13(2)27-23-12)18-16(20-6-7-21-18)10-14-4-9-25(11-14)19(26)15-5-8-24(3)22-15/h5-8,14H,4,9-11H2,1-3H3/t14-/m0/s1. The van der Waals surface area contributed by atoms with Crippen LogP contribution >= 0.6 is 0 Å². The topological polar surface area (TPSA) is 89.9 Å². The predicted molar refractivity (Wildman–Crippen MR) is 97.9 cm³/mol. The second kappa shape index (κ2) is 6.94. The molecule has 0 aliphatic carbocycles. The molecule has 8 nitrogen and oxygen atoms in total. The molecule has 3 aromatic heterocycles. The Balaban J connectivity index is 1.51. The first-order valence-corrected chi connectivity index (χ1v) is 9.05. The van der Waals surface area contributed by atoms with Crippen molar-refractivity contribution in [3.63, 3.8) is 0 Å². The number of carbonyl (C=O) groups is 1. The lowest BCUT2D eigenvalue weighted by atomic mass is 9.98. The van der Waals surface area contributed by atoms with Crippen LogP contribution in [0.5, 0.6) is 0 Å². The first-order chi connectivity index (χ1) is 13.0. The zero-order chi connectivity index (χ0) is 19.0. The van der Waals surface area contributed by atoms with Crippen LogP contribution in [0.4, 0.5) is 0 Å². The van der Waals surface area contributed by atoms with E-state index in [-0.39, 0.29) is 5.91 Å². The van der Waals surface area contributed by atoms with E-state index in [2.05, 4.69) is 20.2 Å². The van der Waals surface area contributed by atoms with Gasteiger partial charge in [0.15, 0.2) is 0 Å². The van der Waals surface area contributed by atoms with E-state index in [1.165, 1.54) is 0 Å². The minimum Gasteiger partial charge on any atom is -0.361 e. The van der Waals surface area contributed by atoms with E-state index in [0.717, 1.165) is 47.8 Å². The maximum absolute atomic E-state index is 12.6. The van der Waals surface area contributed by atoms with Gasteiger partial charge in [0.1, 0.15) is 11.5 Å². The minimum absolute atomic E-state index is 0.0109. The zero-order valence-electron chi connectivity index (χ0n) is 15.7. The maximum atomic E-state index is 12.6. The van der Waals surface area contributed by atoms with Gasteiger partial charge >= 0.3 is 0 Å². The second-order valence-electron chi connectivity index (χ2n) is 7.04. The monoisotopic (exact) mass is 366 g/mol. The average Bonchev–Trinajstić information content (AvgIpc) is 3.37. The summed E-state index contributed by atoms with van der Waals surface area (Å²) in [7, 11) is 1.81. The van der Waals surface area contributed by atoms with E-state index in [4.69, 9.17) is 4.52 Å². The number of nitrogens with zero attached hydrogens (tertiary/aromatic N) is 6. The number of rotatable bonds is 4. The lowest BCUT2D eigenvalue weighted by molar-refractivity contribution is 0.0780. The van der Waals surface area contributed by atoms with Gasteiger partial charge in [0, 0.05) is 38.7 Å². The number of hydrogen-bond donors (Lipinski definition) is 0. The number of likely N-dealkylation sites (tertiary alicyclic amines) is 1. The summed E-state index contributed by atoms with van der Waals surface area (Å²) < 4.78 is 6.94. The Labute approximate surface area is 157 Å². The Kier molecular flexibility index (Phi) is 4.47. The van der Waals surface area contributed by atoms with E-state index < -0.39 is 0 Å². The lowest BCUT2D eigenvalue weighted by Crippen LogP contribution is -2.29. The minimum atomic E-state index is -0.0109. The highest BCUT2D eigenvalue weighted by molar-refractivity contribution is 5.92. The van der Waals surface area contributed by atoms with E-state index in [9.17, 15) is 4.79 Å². The van der Waals surface area contributed by atoms with Crippen molar-refractivity contribution in [1.82, 2.24) is 29.8 Å². The molecule has 4 rings (SSSR count). The molecule has 0 radical (unpaired) electrons. The van der Waals surface area contributed by atoms with Crippen LogP contribution in [0.1, 0.15) is 34.1 Å². The van der Waals surface area contributed by atoms with Crippen LogP contribution < -0.4 is 0 Å². The summed E-state index contributed by atoms with van der Waals surface area (Å²) in [6.07, 6.45) is 6.89. The first-order valence-electron chi connectivity index (χ1n) is 9.05. The molecule has 0 N–H and O–H groups in total. The van der Waals surface area contributed by atoms with Gasteiger partial charge in [-0.05, 0) is 38.7 Å². The molecule has 3 aromatic rings. The molecular weight excluding hydrogens is 344 g/mol. The molecule has 0 unspecified atom stereocenters. The van der Waals surface area contributed by atoms with Crippen LogP contribution in [0.3, 0.4) is 0 Å². The van der Waals surface area contributed by atoms with Crippen LogP contribution in [0.2, 0.25) is 0 Å². The molecule has 4 heterocycles. The van der Waals surface area contributed by atoms with Crippen LogP contribution in [0.15, 0.2) is 29.2 Å². The second-order valence-corrected chi connectivity index (χ2v) is 7.04. The molecule has 1 atom stereocenters. The van der Waals surface area contributed by atoms with E-state index in [1.807, 2.05) is 25.8 Å². The van der Waals surface area contributed by atoms with Crippen molar-refractivity contribution in [3.8, 4) is 11.3 Å². The fraction of sp³-hybridized carbons (Fsp3) is 0.421. The third-order valence-electron chi connectivity index (χ3n) is 5.03. The predicted octanol–water partition coefficient (Wildman–Crippen LogP) is 2.19. The number of carbonyl (C=O) groups excluding carboxylic acids is 1. The molecule has 1 aliphatic heterocycles. The van der Waals surface area contributed by atoms with Crippen LogP contribution in [0, 0.1) is 19.8 Å². The van der Waals surface area contributed by atoms with E-state index in [1.54, 1.807) is 29.3 Å². The average molecular weight is 366 g/mol. The molecule has 0 spiro atoms. The van der Waals surface area contributed by atoms with Crippen LogP contribution in [-0.2, 0) is 13.5 Å². The number of aryl methyl sites for hydroxylation is 3. The summed E-state index contributed by atoms with van der Waals surface area (Å²) in [6.45, 7) is 5.23. The van der Waals surface area contributed by atoms with Gasteiger partial charge in [0.2, 0.25) is 0 Å². The summed E-state index contributed by atoms with van der Waals surface area (Å²) in [4.78, 5) is 23.6. The van der Waals surface area contributed by atoms with Crippen LogP contribution in [0.25, 0.3) is 11.3 Å². The highest BCUT2D eigenvalue weighted by Gasteiger charge is 2.29. The summed E-state index contributed by atoms with van der Waals surface area (Å²) in [5.74, 6) is 1.07. The Morgan fingerprint density at radius 3 is 2.81 bits per heavy atom. The number of hydrogen-bond acceptors (Lipinski definition) is 6. The van der Waals surface area contributed by atoms with Crippen molar-refractivity contribution in [1.29, 1.82) is 0 Å². The van der Waals surface area contributed by atoms with Crippen molar-refractivity contribution in [3.05, 3.63) is 47.5 Å². The van der Waals surface area contributed by atoms with Gasteiger partial charge in [-0.25, -0.2) is 0 Å². The molecule has 1 amide bonds. The molecule has 27 heavy (non-hydrogen) atoms. The van der Waals surface area contributed by atoms with Gasteiger partial charge in [0.05, 0.1) is 22.6 Å². The Morgan fingerprint density at radius 1 is 1.30 bits per heavy atom. The van der Waals surface area contributed by atoms with Gasteiger partial charge in [-0.2, -0.15) is 5.10 Å². The number of aromatic nitrogens is 5. The molecule has 1 aliphatic rings. The summed E-state index contributed by atoms with van der Waals surface area (Å²) in [5.41, 5.74) is 3.96. The maximum Gasteiger partial charge on any atom is 0.274 e. The molecule has 1 saturated heterocycles. The molecule has 1 fully saturated rings. The normalized spacial score (nSPS) is 16.9. The highest BCUT2D eigenvalue weighted by Crippen LogP contribution is 2.30. The summed E-state index contributed by atoms with van der Waals surface area (Å²) in [6, 6.07) is 1.76. The largest absolute Gasteiger partial charge is 0.361 e. The fourth-order valence-electron chi connectivity index (χ4n) is 3.69. The summed E-state index contributed by atoms with van der Waals surface area (Å²) in [5, 5.41) is 8.25. The zero-order valence-corrected chi connectivity index (χ0v) is 15.7. The van der Waals surface area contributed by atoms with E-state index >= 15 is 0 Å². The van der Waals surface area contributed by atoms with Gasteiger partial charge in [-0.15, -0.1) is 0 Å². The molecule has 0 aromatic carbocycles. The van der Waals surface area contributed by atoms with Crippen molar-refractivity contribution < 1.29 is 9.32 Å². The van der Waals surface area contributed by atoms with Crippen molar-refractivity contribution >= 4 is 5.91 Å². The van der Waals surface area contributed by atoms with Gasteiger partial charge in [0.25, 0.3) is 5.91 Å². The van der Waals surface area contributed by atoms with Gasteiger partial charge in [-0.1, -0.05) is 5.16 Å². The first kappa shape index (κ1) is 17.4. The molecule has 0 saturated carbocycles. The van der Waals surface area contributed by atoms with Gasteiger partial charge in [-0.3, -0.25) is 19.4 Å². The highest BCUT2D eigenvalue weighted by atomic mass is 16.5. The fourth-order valence-corrected chi connectivity index (χ4v) is 3.69. The van der Waals surface area contributed by atoms with Gasteiger partial charge < -0.3 is 9.42 Å². The summed E-state index contributed by atoms with van der Waals surface area (Å²) >= 11 is 0. The third-order valence-corrected chi connectivity index (χ3v) is 5.03. The number of amides is 1. The van der Waals surface area contributed by atoms with Crippen LogP contribution in [-0.4, -0.2) is 48.8 Å². The van der Waals surface area contributed by atoms with E-state index in [0.29, 0.717) is 18.2 Å². The lowest BCUT2D eigenvalue weighted by Gasteiger charge is -2.15. The Morgan fingerprint density at radius 2 is 2.11 bits per heavy atom. The third kappa shape index (κ3) is 3.34. The molecular formula is C19H22N6O2. The molecule has 0 bridgehead atoms. The van der Waals surface area contributed by atoms with Crippen molar-refractivity contribution in [2.75, 3.05) is 13.1 Å². The van der Waals surface area contributed by atoms with Crippen molar-refractivity contribution in [2.45, 2.75) is 26.7 Å². The smallest absolute Gasteiger partial charge is 0.274 e. The molecule has 8 heteroatoms. The Hall–Kier alpha value is -3.03. The SMILES string of the molecule is Cc1noc(C)c1-c1nccnc1C[C@@H]1CCN(C(=O)c2ccn(C)n2)C1. The van der Waals surface area contributed by atoms with Crippen molar-refractivity contribution in [2.24, 2.45) is 13.0 Å². The quantitative estimate of drug-likeness (QED) is 0.703. The molecule has 140 valence electrons.